The van der Waals surface area contributed by atoms with Crippen LogP contribution in [0.3, 0.4) is 0 Å². The van der Waals surface area contributed by atoms with Gasteiger partial charge in [-0.3, -0.25) is 9.89 Å². The Morgan fingerprint density at radius 3 is 2.67 bits per heavy atom. The zero-order valence-corrected chi connectivity index (χ0v) is 19.5. The summed E-state index contributed by atoms with van der Waals surface area (Å²) in [5.41, 5.74) is 1.34. The maximum absolute atomic E-state index is 11.2. The van der Waals surface area contributed by atoms with Crippen LogP contribution in [0.25, 0.3) is 0 Å². The van der Waals surface area contributed by atoms with Crippen molar-refractivity contribution in [2.75, 3.05) is 38.2 Å². The highest BCUT2D eigenvalue weighted by molar-refractivity contribution is 14.0. The largest absolute Gasteiger partial charge is 0.357 e. The molecule has 0 saturated carbocycles. The monoisotopic (exact) mass is 508 g/mol. The van der Waals surface area contributed by atoms with Crippen molar-refractivity contribution in [1.82, 2.24) is 15.5 Å². The number of aliphatic imine (C=N–C) groups is 1. The summed E-state index contributed by atoms with van der Waals surface area (Å²) in [6.45, 7) is 6.28. The molecule has 27 heavy (non-hydrogen) atoms. The van der Waals surface area contributed by atoms with Gasteiger partial charge >= 0.3 is 0 Å². The van der Waals surface area contributed by atoms with E-state index in [1.807, 2.05) is 13.0 Å². The van der Waals surface area contributed by atoms with Crippen LogP contribution in [0.4, 0.5) is 0 Å². The van der Waals surface area contributed by atoms with Gasteiger partial charge in [0.2, 0.25) is 0 Å². The van der Waals surface area contributed by atoms with Crippen molar-refractivity contribution in [3.05, 3.63) is 35.9 Å². The number of sulfone groups is 1. The molecule has 154 valence electrons. The molecule has 1 unspecified atom stereocenters. The number of nitrogens with one attached hydrogen (secondary N) is 2. The van der Waals surface area contributed by atoms with E-state index in [0.717, 1.165) is 32.1 Å². The zero-order valence-electron chi connectivity index (χ0n) is 16.4. The van der Waals surface area contributed by atoms with Crippen molar-refractivity contribution in [3.63, 3.8) is 0 Å². The molecule has 2 N–H and O–H groups in total. The van der Waals surface area contributed by atoms with Crippen molar-refractivity contribution < 1.29 is 8.42 Å². The predicted octanol–water partition coefficient (Wildman–Crippen LogP) is 2.26. The van der Waals surface area contributed by atoms with Crippen molar-refractivity contribution in [3.8, 4) is 0 Å². The van der Waals surface area contributed by atoms with E-state index >= 15 is 0 Å². The first-order valence-corrected chi connectivity index (χ1v) is 11.5. The molecule has 1 saturated heterocycles. The molecule has 2 rings (SSSR count). The smallest absolute Gasteiger partial charge is 0.191 e. The third-order valence-electron chi connectivity index (χ3n) is 4.52. The topological polar surface area (TPSA) is 73.8 Å². The van der Waals surface area contributed by atoms with Crippen LogP contribution in [0.5, 0.6) is 0 Å². The molecule has 0 radical (unpaired) electrons. The van der Waals surface area contributed by atoms with Gasteiger partial charge in [0, 0.05) is 31.9 Å². The molecule has 1 fully saturated rings. The van der Waals surface area contributed by atoms with Crippen LogP contribution in [0.2, 0.25) is 0 Å². The predicted molar refractivity (Wildman–Crippen MR) is 124 cm³/mol. The quantitative estimate of drug-likeness (QED) is 0.232. The van der Waals surface area contributed by atoms with Gasteiger partial charge in [-0.1, -0.05) is 30.3 Å². The zero-order chi connectivity index (χ0) is 18.8. The summed E-state index contributed by atoms with van der Waals surface area (Å²) in [5, 5.41) is 6.48. The van der Waals surface area contributed by atoms with Crippen LogP contribution in [0, 0.1) is 0 Å². The third-order valence-corrected chi connectivity index (χ3v) is 5.55. The van der Waals surface area contributed by atoms with Gasteiger partial charge in [-0.25, -0.2) is 8.42 Å². The molecule has 0 aromatic heterocycles. The molecule has 1 heterocycles. The summed E-state index contributed by atoms with van der Waals surface area (Å²) in [4.78, 5) is 7.23. The van der Waals surface area contributed by atoms with Crippen molar-refractivity contribution >= 4 is 39.8 Å². The fraction of sp³-hybridized carbons (Fsp3) is 0.632. The number of hydrogen-bond acceptors (Lipinski definition) is 4. The molecule has 1 aromatic rings. The minimum atomic E-state index is -2.90. The highest BCUT2D eigenvalue weighted by Crippen LogP contribution is 2.20. The Kier molecular flexibility index (Phi) is 11.2. The van der Waals surface area contributed by atoms with Crippen LogP contribution in [0.1, 0.15) is 31.7 Å². The van der Waals surface area contributed by atoms with Crippen LogP contribution >= 0.6 is 24.0 Å². The second kappa shape index (κ2) is 12.6. The second-order valence-electron chi connectivity index (χ2n) is 6.88. The summed E-state index contributed by atoms with van der Waals surface area (Å²) < 4.78 is 22.4. The Morgan fingerprint density at radius 2 is 2.00 bits per heavy atom. The first kappa shape index (κ1) is 24.2. The SMILES string of the molecule is CCNC(=NCC1CCCN1Cc1ccccc1)NCCCS(C)(=O)=O.I. The van der Waals surface area contributed by atoms with E-state index in [1.54, 1.807) is 0 Å². The first-order valence-electron chi connectivity index (χ1n) is 9.46. The van der Waals surface area contributed by atoms with E-state index in [2.05, 4.69) is 39.8 Å². The molecule has 0 aliphatic carbocycles. The van der Waals surface area contributed by atoms with Gasteiger partial charge in [0.1, 0.15) is 9.84 Å². The van der Waals surface area contributed by atoms with Gasteiger partial charge in [-0.05, 0) is 38.3 Å². The number of likely N-dealkylation sites (tertiary alicyclic amines) is 1. The van der Waals surface area contributed by atoms with Crippen LogP contribution in [0.15, 0.2) is 35.3 Å². The van der Waals surface area contributed by atoms with E-state index < -0.39 is 9.84 Å². The lowest BCUT2D eigenvalue weighted by Crippen LogP contribution is -2.39. The molecule has 1 aromatic carbocycles. The van der Waals surface area contributed by atoms with Gasteiger partial charge in [0.25, 0.3) is 0 Å². The van der Waals surface area contributed by atoms with Gasteiger partial charge in [-0.15, -0.1) is 24.0 Å². The molecular weight excluding hydrogens is 475 g/mol. The standard InChI is InChI=1S/C19H32N4O2S.HI/c1-3-20-19(21-12-8-14-26(2,24)25)22-15-18-11-7-13-23(18)16-17-9-5-4-6-10-17;/h4-6,9-10,18H,3,7-8,11-16H2,1-2H3,(H2,20,21,22);1H. The lowest BCUT2D eigenvalue weighted by atomic mass is 10.2. The van der Waals surface area contributed by atoms with Gasteiger partial charge in [0.05, 0.1) is 12.3 Å². The highest BCUT2D eigenvalue weighted by Gasteiger charge is 2.24. The molecule has 8 heteroatoms. The third kappa shape index (κ3) is 9.75. The van der Waals surface area contributed by atoms with Crippen molar-refractivity contribution in [2.45, 2.75) is 38.8 Å². The minimum Gasteiger partial charge on any atom is -0.357 e. The van der Waals surface area contributed by atoms with E-state index in [-0.39, 0.29) is 29.7 Å². The lowest BCUT2D eigenvalue weighted by Gasteiger charge is -2.23. The Morgan fingerprint density at radius 1 is 1.26 bits per heavy atom. The van der Waals surface area contributed by atoms with Crippen molar-refractivity contribution in [2.24, 2.45) is 4.99 Å². The summed E-state index contributed by atoms with van der Waals surface area (Å²) >= 11 is 0. The molecule has 1 aliphatic rings. The highest BCUT2D eigenvalue weighted by atomic mass is 127. The van der Waals surface area contributed by atoms with Crippen LogP contribution < -0.4 is 10.6 Å². The number of hydrogen-bond donors (Lipinski definition) is 2. The number of halogens is 1. The van der Waals surface area contributed by atoms with E-state index in [9.17, 15) is 8.42 Å². The van der Waals surface area contributed by atoms with Gasteiger partial charge < -0.3 is 10.6 Å². The maximum atomic E-state index is 11.2. The van der Waals surface area contributed by atoms with Gasteiger partial charge in [0.15, 0.2) is 5.96 Å². The Labute approximate surface area is 181 Å². The fourth-order valence-electron chi connectivity index (χ4n) is 3.21. The summed E-state index contributed by atoms with van der Waals surface area (Å²) in [6.07, 6.45) is 4.25. The average Bonchev–Trinajstić information content (AvgIpc) is 3.03. The van der Waals surface area contributed by atoms with E-state index in [1.165, 1.54) is 24.7 Å². The normalized spacial score (nSPS) is 18.1. The Hall–Kier alpha value is -0.870. The molecule has 6 nitrogen and oxygen atoms in total. The number of nitrogens with zero attached hydrogens (tertiary/aromatic N) is 2. The van der Waals surface area contributed by atoms with Crippen LogP contribution in [-0.4, -0.2) is 63.5 Å². The maximum Gasteiger partial charge on any atom is 0.191 e. The fourth-order valence-corrected chi connectivity index (χ4v) is 3.88. The first-order chi connectivity index (χ1) is 12.5. The number of rotatable bonds is 9. The molecule has 1 aliphatic heterocycles. The lowest BCUT2D eigenvalue weighted by molar-refractivity contribution is 0.250. The summed E-state index contributed by atoms with van der Waals surface area (Å²) in [6, 6.07) is 11.0. The van der Waals surface area contributed by atoms with E-state index in [4.69, 9.17) is 4.99 Å². The Balaban J connectivity index is 0.00000364. The average molecular weight is 508 g/mol. The molecule has 1 atom stereocenters. The number of benzene rings is 1. The summed E-state index contributed by atoms with van der Waals surface area (Å²) in [5.74, 6) is 0.972. The van der Waals surface area contributed by atoms with Gasteiger partial charge in [-0.2, -0.15) is 0 Å². The second-order valence-corrected chi connectivity index (χ2v) is 9.14. The van der Waals surface area contributed by atoms with Crippen molar-refractivity contribution in [1.29, 1.82) is 0 Å². The molecule has 0 spiro atoms. The van der Waals surface area contributed by atoms with E-state index in [0.29, 0.717) is 19.0 Å². The van der Waals surface area contributed by atoms with Crippen LogP contribution in [-0.2, 0) is 16.4 Å². The molecule has 0 bridgehead atoms. The molecular formula is C19H33IN4O2S. The Bertz CT molecular complexity index is 668. The summed E-state index contributed by atoms with van der Waals surface area (Å²) in [7, 11) is -2.90. The number of guanidine groups is 1. The molecule has 0 amide bonds. The minimum absolute atomic E-state index is 0.